The number of hydrogen-bond donors (Lipinski definition) is 0. The minimum absolute atomic E-state index is 0.325. The lowest BCUT2D eigenvalue weighted by molar-refractivity contribution is 0.0870. The average molecular weight is 359 g/mol. The Morgan fingerprint density at radius 2 is 1.56 bits per heavy atom. The Bertz CT molecular complexity index is 765. The molecule has 2 heteroatoms. The number of nitriles is 1. The minimum atomic E-state index is -0.325. The van der Waals surface area contributed by atoms with Crippen molar-refractivity contribution in [2.45, 2.75) is 44.6 Å². The molecule has 3 atom stereocenters. The van der Waals surface area contributed by atoms with Crippen LogP contribution in [0.4, 0.5) is 0 Å². The Balaban J connectivity index is 1.49. The zero-order valence-electron chi connectivity index (χ0n) is 16.3. The fraction of sp³-hybridized carbons (Fsp3) is 0.480. The van der Waals surface area contributed by atoms with Crippen LogP contribution >= 0.6 is 0 Å². The molecule has 140 valence electrons. The van der Waals surface area contributed by atoms with E-state index in [1.807, 2.05) is 6.07 Å². The Hall–Kier alpha value is -2.11. The van der Waals surface area contributed by atoms with E-state index in [2.05, 4.69) is 72.5 Å². The summed E-state index contributed by atoms with van der Waals surface area (Å²) in [7, 11) is 0. The highest BCUT2D eigenvalue weighted by atomic mass is 15.1. The van der Waals surface area contributed by atoms with Gasteiger partial charge in [-0.2, -0.15) is 5.26 Å². The second-order valence-corrected chi connectivity index (χ2v) is 8.56. The molecule has 1 aliphatic carbocycles. The lowest BCUT2D eigenvalue weighted by Crippen LogP contribution is -2.43. The summed E-state index contributed by atoms with van der Waals surface area (Å²) in [5.74, 6) is 2.18. The van der Waals surface area contributed by atoms with Gasteiger partial charge in [-0.25, -0.2) is 0 Å². The zero-order chi connectivity index (χ0) is 18.7. The van der Waals surface area contributed by atoms with Crippen molar-refractivity contribution in [3.05, 3.63) is 71.8 Å². The molecule has 2 aromatic carbocycles. The molecule has 27 heavy (non-hydrogen) atoms. The fourth-order valence-electron chi connectivity index (χ4n) is 5.55. The molecule has 1 heterocycles. The summed E-state index contributed by atoms with van der Waals surface area (Å²) >= 11 is 0. The van der Waals surface area contributed by atoms with E-state index < -0.39 is 0 Å². The van der Waals surface area contributed by atoms with Crippen molar-refractivity contribution in [2.75, 3.05) is 13.1 Å². The van der Waals surface area contributed by atoms with Crippen LogP contribution in [0.15, 0.2) is 60.7 Å². The number of likely N-dealkylation sites (tertiary alicyclic amines) is 1. The number of hydrogen-bond acceptors (Lipinski definition) is 2. The van der Waals surface area contributed by atoms with Crippen LogP contribution < -0.4 is 0 Å². The maximum atomic E-state index is 10.1. The van der Waals surface area contributed by atoms with E-state index in [0.717, 1.165) is 31.2 Å². The molecule has 2 bridgehead atoms. The topological polar surface area (TPSA) is 27.0 Å². The summed E-state index contributed by atoms with van der Waals surface area (Å²) in [5.41, 5.74) is 2.30. The van der Waals surface area contributed by atoms with Gasteiger partial charge < -0.3 is 0 Å². The van der Waals surface area contributed by atoms with Crippen LogP contribution in [-0.2, 0) is 12.0 Å². The SMILES string of the molecule is CCC(C#N)(CC1C2CCC1CN(Cc1ccccc1)C2)c1ccccc1. The summed E-state index contributed by atoms with van der Waals surface area (Å²) in [6, 6.07) is 24.1. The second kappa shape index (κ2) is 7.87. The summed E-state index contributed by atoms with van der Waals surface area (Å²) in [5, 5.41) is 10.1. The number of nitrogens with zero attached hydrogens (tertiary/aromatic N) is 2. The van der Waals surface area contributed by atoms with Crippen molar-refractivity contribution < 1.29 is 0 Å². The first kappa shape index (κ1) is 18.3. The molecule has 4 rings (SSSR count). The predicted molar refractivity (Wildman–Crippen MR) is 110 cm³/mol. The molecule has 2 aliphatic rings. The molecule has 2 nitrogen and oxygen atoms in total. The quantitative estimate of drug-likeness (QED) is 0.691. The molecule has 1 saturated carbocycles. The van der Waals surface area contributed by atoms with Gasteiger partial charge >= 0.3 is 0 Å². The van der Waals surface area contributed by atoms with E-state index >= 15 is 0 Å². The number of piperidine rings is 1. The van der Waals surface area contributed by atoms with Crippen LogP contribution in [0.25, 0.3) is 0 Å². The third kappa shape index (κ3) is 3.66. The van der Waals surface area contributed by atoms with E-state index in [9.17, 15) is 5.26 Å². The summed E-state index contributed by atoms with van der Waals surface area (Å²) in [6.45, 7) is 5.63. The summed E-state index contributed by atoms with van der Waals surface area (Å²) in [6.07, 6.45) is 4.59. The maximum absolute atomic E-state index is 10.1. The molecule has 0 amide bonds. The maximum Gasteiger partial charge on any atom is 0.0822 e. The van der Waals surface area contributed by atoms with Gasteiger partial charge in [0.2, 0.25) is 0 Å². The first-order valence-electron chi connectivity index (χ1n) is 10.5. The van der Waals surface area contributed by atoms with Crippen molar-refractivity contribution >= 4 is 0 Å². The van der Waals surface area contributed by atoms with Gasteiger partial charge in [-0.1, -0.05) is 67.6 Å². The van der Waals surface area contributed by atoms with Gasteiger partial charge in [-0.3, -0.25) is 4.90 Å². The standard InChI is InChI=1S/C25H30N2/c1-2-25(19-26,23-11-7-4-8-12-23)15-24-21-13-14-22(24)18-27(17-21)16-20-9-5-3-6-10-20/h3-12,21-22,24H,2,13-18H2,1H3. The minimum Gasteiger partial charge on any atom is -0.299 e. The van der Waals surface area contributed by atoms with E-state index in [1.54, 1.807) is 0 Å². The molecular formula is C25H30N2. The predicted octanol–water partition coefficient (Wildman–Crippen LogP) is 5.41. The van der Waals surface area contributed by atoms with Gasteiger partial charge in [-0.15, -0.1) is 0 Å². The highest BCUT2D eigenvalue weighted by molar-refractivity contribution is 5.32. The van der Waals surface area contributed by atoms with Gasteiger partial charge in [0.25, 0.3) is 0 Å². The van der Waals surface area contributed by atoms with Crippen molar-refractivity contribution in [2.24, 2.45) is 17.8 Å². The van der Waals surface area contributed by atoms with Crippen molar-refractivity contribution in [1.29, 1.82) is 5.26 Å². The smallest absolute Gasteiger partial charge is 0.0822 e. The highest BCUT2D eigenvalue weighted by Crippen LogP contribution is 2.48. The Kier molecular flexibility index (Phi) is 5.32. The Morgan fingerprint density at radius 3 is 2.11 bits per heavy atom. The van der Waals surface area contributed by atoms with Crippen LogP contribution in [-0.4, -0.2) is 18.0 Å². The first-order valence-corrected chi connectivity index (χ1v) is 10.5. The van der Waals surface area contributed by atoms with Gasteiger partial charge in [0.1, 0.15) is 0 Å². The second-order valence-electron chi connectivity index (χ2n) is 8.56. The summed E-state index contributed by atoms with van der Waals surface area (Å²) < 4.78 is 0. The van der Waals surface area contributed by atoms with Crippen molar-refractivity contribution in [1.82, 2.24) is 4.90 Å². The van der Waals surface area contributed by atoms with Gasteiger partial charge in [0, 0.05) is 19.6 Å². The highest BCUT2D eigenvalue weighted by Gasteiger charge is 2.46. The van der Waals surface area contributed by atoms with Crippen LogP contribution in [0, 0.1) is 29.1 Å². The number of benzene rings is 2. The first-order chi connectivity index (χ1) is 13.2. The van der Waals surface area contributed by atoms with Gasteiger partial charge in [0.05, 0.1) is 11.5 Å². The molecule has 2 aromatic rings. The van der Waals surface area contributed by atoms with Crippen LogP contribution in [0.5, 0.6) is 0 Å². The molecule has 2 fully saturated rings. The Morgan fingerprint density at radius 1 is 0.963 bits per heavy atom. The molecule has 1 saturated heterocycles. The molecule has 0 aromatic heterocycles. The molecule has 0 N–H and O–H groups in total. The fourth-order valence-corrected chi connectivity index (χ4v) is 5.55. The number of rotatable bonds is 6. The molecule has 0 spiro atoms. The van der Waals surface area contributed by atoms with Crippen molar-refractivity contribution in [3.8, 4) is 6.07 Å². The molecule has 0 radical (unpaired) electrons. The van der Waals surface area contributed by atoms with Crippen molar-refractivity contribution in [3.63, 3.8) is 0 Å². The monoisotopic (exact) mass is 358 g/mol. The third-order valence-corrected chi connectivity index (χ3v) is 7.08. The van der Waals surface area contributed by atoms with Gasteiger partial charge in [-0.05, 0) is 54.6 Å². The molecule has 1 aliphatic heterocycles. The Labute approximate surface area is 163 Å². The molecule has 3 unspecified atom stereocenters. The largest absolute Gasteiger partial charge is 0.299 e. The third-order valence-electron chi connectivity index (χ3n) is 7.08. The van der Waals surface area contributed by atoms with E-state index in [-0.39, 0.29) is 5.41 Å². The number of fused-ring (bicyclic) bond motifs is 2. The zero-order valence-corrected chi connectivity index (χ0v) is 16.3. The average Bonchev–Trinajstić information content (AvgIpc) is 2.95. The van der Waals surface area contributed by atoms with Crippen LogP contribution in [0.2, 0.25) is 0 Å². The lowest BCUT2D eigenvalue weighted by Gasteiger charge is -2.41. The van der Waals surface area contributed by atoms with E-state index in [0.29, 0.717) is 5.92 Å². The lowest BCUT2D eigenvalue weighted by atomic mass is 9.68. The van der Waals surface area contributed by atoms with Crippen LogP contribution in [0.1, 0.15) is 43.7 Å². The molecular weight excluding hydrogens is 328 g/mol. The summed E-state index contributed by atoms with van der Waals surface area (Å²) in [4.78, 5) is 2.65. The van der Waals surface area contributed by atoms with Crippen LogP contribution in [0.3, 0.4) is 0 Å². The van der Waals surface area contributed by atoms with E-state index in [1.165, 1.54) is 37.1 Å². The van der Waals surface area contributed by atoms with E-state index in [4.69, 9.17) is 0 Å². The normalized spacial score (nSPS) is 27.0. The van der Waals surface area contributed by atoms with Gasteiger partial charge in [0.15, 0.2) is 0 Å².